The van der Waals surface area contributed by atoms with Gasteiger partial charge in [-0.3, -0.25) is 4.90 Å². The van der Waals surface area contributed by atoms with Crippen LogP contribution < -0.4 is 14.2 Å². The van der Waals surface area contributed by atoms with Crippen LogP contribution in [0.2, 0.25) is 0 Å². The summed E-state index contributed by atoms with van der Waals surface area (Å²) in [6, 6.07) is 14.1. The van der Waals surface area contributed by atoms with Crippen molar-refractivity contribution in [1.29, 1.82) is 0 Å². The lowest BCUT2D eigenvalue weighted by Gasteiger charge is -2.35. The van der Waals surface area contributed by atoms with Crippen LogP contribution in [0.3, 0.4) is 0 Å². The van der Waals surface area contributed by atoms with Crippen LogP contribution in [0, 0.1) is 0 Å². The van der Waals surface area contributed by atoms with Gasteiger partial charge in [-0.15, -0.1) is 0 Å². The molecule has 0 saturated carbocycles. The Hall–Kier alpha value is -2.93. The van der Waals surface area contributed by atoms with E-state index in [2.05, 4.69) is 29.2 Å². The zero-order chi connectivity index (χ0) is 21.8. The molecule has 31 heavy (non-hydrogen) atoms. The summed E-state index contributed by atoms with van der Waals surface area (Å²) in [5.74, 6) is 2.24. The van der Waals surface area contributed by atoms with Crippen molar-refractivity contribution in [3.8, 4) is 17.2 Å². The van der Waals surface area contributed by atoms with Gasteiger partial charge in [-0.25, -0.2) is 4.79 Å². The van der Waals surface area contributed by atoms with Gasteiger partial charge < -0.3 is 23.8 Å². The molecule has 7 nitrogen and oxygen atoms in total. The van der Waals surface area contributed by atoms with Crippen molar-refractivity contribution in [3.05, 3.63) is 53.6 Å². The molecule has 2 heterocycles. The second kappa shape index (κ2) is 9.06. The van der Waals surface area contributed by atoms with Gasteiger partial charge in [-0.2, -0.15) is 0 Å². The minimum Gasteiger partial charge on any atom is -0.489 e. The van der Waals surface area contributed by atoms with Crippen molar-refractivity contribution in [2.45, 2.75) is 39.5 Å². The maximum absolute atomic E-state index is 12.2. The number of piperazine rings is 1. The highest BCUT2D eigenvalue weighted by Crippen LogP contribution is 2.35. The van der Waals surface area contributed by atoms with Crippen LogP contribution in [0.25, 0.3) is 0 Å². The molecule has 0 atom stereocenters. The molecule has 0 N–H and O–H groups in total. The van der Waals surface area contributed by atoms with Crippen molar-refractivity contribution in [2.24, 2.45) is 0 Å². The molecule has 2 aromatic carbocycles. The van der Waals surface area contributed by atoms with Gasteiger partial charge in [0.25, 0.3) is 0 Å². The molecule has 0 unspecified atom stereocenters. The Morgan fingerprint density at radius 2 is 1.61 bits per heavy atom. The number of carbonyl (C=O) groups is 1. The summed E-state index contributed by atoms with van der Waals surface area (Å²) in [6.45, 7) is 10.4. The Bertz CT molecular complexity index is 899. The Kier molecular flexibility index (Phi) is 6.23. The first-order valence-corrected chi connectivity index (χ1v) is 10.7. The fraction of sp³-hybridized carbons (Fsp3) is 0.458. The zero-order valence-corrected chi connectivity index (χ0v) is 18.4. The molecule has 0 aliphatic carbocycles. The van der Waals surface area contributed by atoms with Gasteiger partial charge in [0.15, 0.2) is 11.5 Å². The van der Waals surface area contributed by atoms with E-state index in [1.165, 1.54) is 5.56 Å². The number of rotatable bonds is 5. The van der Waals surface area contributed by atoms with Crippen LogP contribution in [0.5, 0.6) is 17.2 Å². The predicted octanol–water partition coefficient (Wildman–Crippen LogP) is 4.05. The summed E-state index contributed by atoms with van der Waals surface area (Å²) in [6.07, 6.45) is -0.223. The van der Waals surface area contributed by atoms with E-state index in [1.807, 2.05) is 39.0 Å². The fourth-order valence-corrected chi connectivity index (χ4v) is 3.55. The maximum atomic E-state index is 12.2. The molecule has 0 bridgehead atoms. The van der Waals surface area contributed by atoms with E-state index in [4.69, 9.17) is 18.9 Å². The molecule has 1 saturated heterocycles. The Labute approximate surface area is 183 Å². The molecule has 4 rings (SSSR count). The third-order valence-electron chi connectivity index (χ3n) is 5.20. The first kappa shape index (κ1) is 21.3. The van der Waals surface area contributed by atoms with Crippen LogP contribution in [-0.2, 0) is 17.9 Å². The van der Waals surface area contributed by atoms with Crippen LogP contribution in [0.1, 0.15) is 31.9 Å². The second-order valence-electron chi connectivity index (χ2n) is 8.86. The molecule has 0 radical (unpaired) electrons. The number of hydrogen-bond donors (Lipinski definition) is 0. The predicted molar refractivity (Wildman–Crippen MR) is 116 cm³/mol. The highest BCUT2D eigenvalue weighted by atomic mass is 16.7. The van der Waals surface area contributed by atoms with Gasteiger partial charge in [0.2, 0.25) is 6.79 Å². The van der Waals surface area contributed by atoms with Crippen molar-refractivity contribution >= 4 is 6.09 Å². The molecule has 1 amide bonds. The molecular weight excluding hydrogens is 396 g/mol. The standard InChI is InChI=1S/C24H30N2O5/c1-24(2,3)31-23(27)26-12-10-25(11-13-26)15-18-4-6-19(7-5-18)16-28-20-8-9-21-22(14-20)30-17-29-21/h4-9,14H,10-13,15-17H2,1-3H3. The monoisotopic (exact) mass is 426 g/mol. The Morgan fingerprint density at radius 1 is 0.935 bits per heavy atom. The number of nitrogens with zero attached hydrogens (tertiary/aromatic N) is 2. The fourth-order valence-electron chi connectivity index (χ4n) is 3.55. The third-order valence-corrected chi connectivity index (χ3v) is 5.20. The number of hydrogen-bond acceptors (Lipinski definition) is 6. The lowest BCUT2D eigenvalue weighted by molar-refractivity contribution is 0.0139. The Morgan fingerprint density at radius 3 is 2.32 bits per heavy atom. The topological polar surface area (TPSA) is 60.5 Å². The number of fused-ring (bicyclic) bond motifs is 1. The number of benzene rings is 2. The molecule has 1 fully saturated rings. The summed E-state index contributed by atoms with van der Waals surface area (Å²) in [5.41, 5.74) is 1.90. The first-order chi connectivity index (χ1) is 14.9. The van der Waals surface area contributed by atoms with Gasteiger partial charge in [0.1, 0.15) is 18.0 Å². The SMILES string of the molecule is CC(C)(C)OC(=O)N1CCN(Cc2ccc(COc3ccc4c(c3)OCO4)cc2)CC1. The minimum absolute atomic E-state index is 0.223. The number of carbonyl (C=O) groups excluding carboxylic acids is 1. The third kappa shape index (κ3) is 5.82. The summed E-state index contributed by atoms with van der Waals surface area (Å²) >= 11 is 0. The van der Waals surface area contributed by atoms with Gasteiger partial charge in [0, 0.05) is 38.8 Å². The number of ether oxygens (including phenoxy) is 4. The van der Waals surface area contributed by atoms with E-state index in [9.17, 15) is 4.79 Å². The van der Waals surface area contributed by atoms with Crippen LogP contribution >= 0.6 is 0 Å². The van der Waals surface area contributed by atoms with Gasteiger partial charge in [-0.05, 0) is 44.0 Å². The first-order valence-electron chi connectivity index (χ1n) is 10.7. The van der Waals surface area contributed by atoms with Gasteiger partial charge in [-0.1, -0.05) is 24.3 Å². The lowest BCUT2D eigenvalue weighted by Crippen LogP contribution is -2.49. The molecule has 0 aromatic heterocycles. The molecule has 166 valence electrons. The van der Waals surface area contributed by atoms with Crippen LogP contribution in [-0.4, -0.2) is 54.5 Å². The van der Waals surface area contributed by atoms with Crippen LogP contribution in [0.4, 0.5) is 4.79 Å². The van der Waals surface area contributed by atoms with Gasteiger partial charge in [0.05, 0.1) is 0 Å². The van der Waals surface area contributed by atoms with E-state index in [1.54, 1.807) is 4.90 Å². The van der Waals surface area contributed by atoms with E-state index in [0.29, 0.717) is 19.7 Å². The molecule has 2 aromatic rings. The summed E-state index contributed by atoms with van der Waals surface area (Å²) in [4.78, 5) is 16.3. The average molecular weight is 427 g/mol. The van der Waals surface area contributed by atoms with E-state index in [0.717, 1.165) is 42.4 Å². The molecule has 0 spiro atoms. The second-order valence-corrected chi connectivity index (χ2v) is 8.86. The largest absolute Gasteiger partial charge is 0.489 e. The maximum Gasteiger partial charge on any atom is 0.410 e. The zero-order valence-electron chi connectivity index (χ0n) is 18.4. The van der Waals surface area contributed by atoms with E-state index >= 15 is 0 Å². The van der Waals surface area contributed by atoms with Crippen molar-refractivity contribution < 1.29 is 23.7 Å². The summed E-state index contributed by atoms with van der Waals surface area (Å²) in [7, 11) is 0. The normalized spacial score (nSPS) is 16.3. The van der Waals surface area contributed by atoms with Crippen molar-refractivity contribution in [2.75, 3.05) is 33.0 Å². The number of amides is 1. The van der Waals surface area contributed by atoms with E-state index < -0.39 is 5.60 Å². The average Bonchev–Trinajstić information content (AvgIpc) is 3.20. The van der Waals surface area contributed by atoms with Gasteiger partial charge >= 0.3 is 6.09 Å². The van der Waals surface area contributed by atoms with Crippen molar-refractivity contribution in [1.82, 2.24) is 9.80 Å². The minimum atomic E-state index is -0.456. The Balaban J connectivity index is 1.22. The smallest absolute Gasteiger partial charge is 0.410 e. The highest BCUT2D eigenvalue weighted by Gasteiger charge is 2.25. The quantitative estimate of drug-likeness (QED) is 0.719. The molecule has 2 aliphatic rings. The summed E-state index contributed by atoms with van der Waals surface area (Å²) in [5, 5.41) is 0. The molecule has 2 aliphatic heterocycles. The van der Waals surface area contributed by atoms with E-state index in [-0.39, 0.29) is 12.9 Å². The van der Waals surface area contributed by atoms with Crippen molar-refractivity contribution in [3.63, 3.8) is 0 Å². The molecule has 7 heteroatoms. The lowest BCUT2D eigenvalue weighted by atomic mass is 10.1. The highest BCUT2D eigenvalue weighted by molar-refractivity contribution is 5.68. The van der Waals surface area contributed by atoms with Crippen LogP contribution in [0.15, 0.2) is 42.5 Å². The summed E-state index contributed by atoms with van der Waals surface area (Å²) < 4.78 is 22.1. The molecular formula is C24H30N2O5.